The van der Waals surface area contributed by atoms with E-state index in [4.69, 9.17) is 11.6 Å². The van der Waals surface area contributed by atoms with Crippen LogP contribution in [0.2, 0.25) is 5.02 Å². The van der Waals surface area contributed by atoms with Crippen molar-refractivity contribution in [3.8, 4) is 0 Å². The van der Waals surface area contributed by atoms with Gasteiger partial charge in [-0.05, 0) is 56.5 Å². The van der Waals surface area contributed by atoms with Crippen LogP contribution in [0.25, 0.3) is 11.6 Å². The lowest BCUT2D eigenvalue weighted by Gasteiger charge is -2.27. The predicted molar refractivity (Wildman–Crippen MR) is 125 cm³/mol. The molecular formula is C23H26ClN5O3. The molecule has 0 saturated carbocycles. The molecule has 1 aromatic heterocycles. The van der Waals surface area contributed by atoms with E-state index >= 15 is 0 Å². The fourth-order valence-electron chi connectivity index (χ4n) is 4.16. The van der Waals surface area contributed by atoms with E-state index in [0.29, 0.717) is 47.1 Å². The monoisotopic (exact) mass is 455 g/mol. The summed E-state index contributed by atoms with van der Waals surface area (Å²) in [5.74, 6) is -0.384. The number of nitrogens with zero attached hydrogens (tertiary/aromatic N) is 1. The van der Waals surface area contributed by atoms with Crippen molar-refractivity contribution in [2.24, 2.45) is 0 Å². The summed E-state index contributed by atoms with van der Waals surface area (Å²) < 4.78 is 0. The molecule has 0 radical (unpaired) electrons. The SMILES string of the molecule is Cc1[nH]c(C=C2C(=O)Nc3ccc(Cl)cc32)c(C)c1C(=O)NCCCN1CCCNC1=O. The fraction of sp³-hybridized carbons (Fsp3) is 0.348. The van der Waals surface area contributed by atoms with Crippen molar-refractivity contribution < 1.29 is 14.4 Å². The smallest absolute Gasteiger partial charge is 0.317 e. The first-order valence-electron chi connectivity index (χ1n) is 10.7. The van der Waals surface area contributed by atoms with Gasteiger partial charge in [0.1, 0.15) is 0 Å². The first-order valence-corrected chi connectivity index (χ1v) is 11.1. The number of amides is 4. The number of aromatic nitrogens is 1. The Morgan fingerprint density at radius 3 is 2.88 bits per heavy atom. The van der Waals surface area contributed by atoms with Crippen LogP contribution in [0.5, 0.6) is 0 Å². The van der Waals surface area contributed by atoms with Gasteiger partial charge in [0, 0.05) is 53.8 Å². The molecule has 0 atom stereocenters. The summed E-state index contributed by atoms with van der Waals surface area (Å²) in [4.78, 5) is 42.1. The fourth-order valence-corrected chi connectivity index (χ4v) is 4.33. The highest BCUT2D eigenvalue weighted by atomic mass is 35.5. The highest BCUT2D eigenvalue weighted by Crippen LogP contribution is 2.35. The van der Waals surface area contributed by atoms with Gasteiger partial charge in [-0.25, -0.2) is 4.79 Å². The molecule has 4 N–H and O–H groups in total. The van der Waals surface area contributed by atoms with Crippen LogP contribution in [0.3, 0.4) is 0 Å². The first-order chi connectivity index (χ1) is 15.3. The molecule has 0 bridgehead atoms. The van der Waals surface area contributed by atoms with Crippen LogP contribution in [-0.2, 0) is 4.79 Å². The lowest BCUT2D eigenvalue weighted by Crippen LogP contribution is -2.47. The van der Waals surface area contributed by atoms with Gasteiger partial charge >= 0.3 is 6.03 Å². The van der Waals surface area contributed by atoms with Crippen molar-refractivity contribution in [1.82, 2.24) is 20.5 Å². The highest BCUT2D eigenvalue weighted by molar-refractivity contribution is 6.36. The molecule has 32 heavy (non-hydrogen) atoms. The van der Waals surface area contributed by atoms with Crippen molar-refractivity contribution in [2.45, 2.75) is 26.7 Å². The Balaban J connectivity index is 1.45. The summed E-state index contributed by atoms with van der Waals surface area (Å²) in [7, 11) is 0. The number of rotatable bonds is 6. The highest BCUT2D eigenvalue weighted by Gasteiger charge is 2.26. The van der Waals surface area contributed by atoms with E-state index in [2.05, 4.69) is 20.9 Å². The summed E-state index contributed by atoms with van der Waals surface area (Å²) in [6.07, 6.45) is 3.37. The topological polar surface area (TPSA) is 106 Å². The number of fused-ring (bicyclic) bond motifs is 1. The lowest BCUT2D eigenvalue weighted by atomic mass is 10.0. The number of aromatic amines is 1. The molecule has 2 aliphatic rings. The second kappa shape index (κ2) is 9.08. The Kier molecular flexibility index (Phi) is 6.23. The van der Waals surface area contributed by atoms with Crippen molar-refractivity contribution in [3.63, 3.8) is 0 Å². The van der Waals surface area contributed by atoms with Crippen molar-refractivity contribution in [3.05, 3.63) is 51.3 Å². The average Bonchev–Trinajstić information content (AvgIpc) is 3.21. The summed E-state index contributed by atoms with van der Waals surface area (Å²) in [5, 5.41) is 9.14. The molecule has 4 amide bonds. The average molecular weight is 456 g/mol. The number of hydrogen-bond acceptors (Lipinski definition) is 3. The number of anilines is 1. The Morgan fingerprint density at radius 2 is 2.09 bits per heavy atom. The van der Waals surface area contributed by atoms with E-state index < -0.39 is 0 Å². The van der Waals surface area contributed by atoms with E-state index in [1.54, 1.807) is 29.2 Å². The van der Waals surface area contributed by atoms with E-state index in [1.165, 1.54) is 0 Å². The third-order valence-electron chi connectivity index (χ3n) is 5.82. The number of urea groups is 1. The number of hydrogen-bond donors (Lipinski definition) is 4. The summed E-state index contributed by atoms with van der Waals surface area (Å²) >= 11 is 6.11. The summed E-state index contributed by atoms with van der Waals surface area (Å²) in [5.41, 5.74) is 4.72. The Bertz CT molecular complexity index is 1120. The second-order valence-corrected chi connectivity index (χ2v) is 8.48. The third-order valence-corrected chi connectivity index (χ3v) is 6.05. The van der Waals surface area contributed by atoms with Gasteiger partial charge in [0.05, 0.1) is 11.1 Å². The van der Waals surface area contributed by atoms with Crippen LogP contribution >= 0.6 is 11.6 Å². The third kappa shape index (κ3) is 4.36. The lowest BCUT2D eigenvalue weighted by molar-refractivity contribution is -0.110. The number of carbonyl (C=O) groups is 3. The zero-order valence-corrected chi connectivity index (χ0v) is 18.9. The molecule has 2 aromatic rings. The van der Waals surface area contributed by atoms with Crippen LogP contribution in [-0.4, -0.2) is 53.9 Å². The summed E-state index contributed by atoms with van der Waals surface area (Å²) in [6.45, 7) is 6.23. The minimum absolute atomic E-state index is 0.0450. The molecule has 0 aliphatic carbocycles. The van der Waals surface area contributed by atoms with Crippen molar-refractivity contribution >= 4 is 46.8 Å². The molecule has 2 aliphatic heterocycles. The Hall–Kier alpha value is -3.26. The van der Waals surface area contributed by atoms with Crippen molar-refractivity contribution in [1.29, 1.82) is 0 Å². The number of aryl methyl sites for hydroxylation is 1. The van der Waals surface area contributed by atoms with Gasteiger partial charge in [-0.2, -0.15) is 0 Å². The van der Waals surface area contributed by atoms with E-state index in [9.17, 15) is 14.4 Å². The molecule has 0 spiro atoms. The first kappa shape index (κ1) is 22.0. The van der Waals surface area contributed by atoms with Crippen LogP contribution in [0.15, 0.2) is 18.2 Å². The molecule has 4 rings (SSSR count). The van der Waals surface area contributed by atoms with Crippen molar-refractivity contribution in [2.75, 3.05) is 31.5 Å². The van der Waals surface area contributed by atoms with Gasteiger partial charge in [0.25, 0.3) is 11.8 Å². The molecule has 1 aromatic carbocycles. The maximum Gasteiger partial charge on any atom is 0.317 e. The molecule has 168 valence electrons. The van der Waals surface area contributed by atoms with Crippen LogP contribution in [0.4, 0.5) is 10.5 Å². The molecule has 3 heterocycles. The quantitative estimate of drug-likeness (QED) is 0.396. The molecular weight excluding hydrogens is 430 g/mol. The number of H-pyrrole nitrogens is 1. The van der Waals surface area contributed by atoms with E-state index in [1.807, 2.05) is 13.8 Å². The molecule has 9 heteroatoms. The maximum absolute atomic E-state index is 12.8. The van der Waals surface area contributed by atoms with E-state index in [0.717, 1.165) is 36.3 Å². The zero-order chi connectivity index (χ0) is 22.8. The predicted octanol–water partition coefficient (Wildman–Crippen LogP) is 3.31. The standard InChI is InChI=1S/C23H26ClN5O3/c1-13-19(12-17-16-11-15(24)5-6-18(16)28-21(17)30)27-14(2)20(13)22(31)25-7-3-9-29-10-4-8-26-23(29)32/h5-6,11-12,27H,3-4,7-10H2,1-2H3,(H,25,31)(H,26,32)(H,28,30). The van der Waals surface area contributed by atoms with Gasteiger partial charge in [-0.1, -0.05) is 11.6 Å². The van der Waals surface area contributed by atoms with Gasteiger partial charge in [-0.15, -0.1) is 0 Å². The zero-order valence-electron chi connectivity index (χ0n) is 18.1. The van der Waals surface area contributed by atoms with Crippen LogP contribution in [0, 0.1) is 13.8 Å². The van der Waals surface area contributed by atoms with Gasteiger partial charge < -0.3 is 25.8 Å². The largest absolute Gasteiger partial charge is 0.358 e. The number of halogens is 1. The minimum Gasteiger partial charge on any atom is -0.358 e. The number of nitrogens with one attached hydrogen (secondary N) is 4. The number of carbonyl (C=O) groups excluding carboxylic acids is 3. The summed E-state index contributed by atoms with van der Waals surface area (Å²) in [6, 6.07) is 5.21. The second-order valence-electron chi connectivity index (χ2n) is 8.05. The van der Waals surface area contributed by atoms with E-state index in [-0.39, 0.29) is 17.8 Å². The number of benzene rings is 1. The molecule has 0 unspecified atom stereocenters. The Labute approximate surface area is 191 Å². The minimum atomic E-state index is -0.207. The molecule has 1 fully saturated rings. The van der Waals surface area contributed by atoms with Crippen LogP contribution < -0.4 is 16.0 Å². The van der Waals surface area contributed by atoms with Gasteiger partial charge in [-0.3, -0.25) is 9.59 Å². The van der Waals surface area contributed by atoms with Gasteiger partial charge in [0.15, 0.2) is 0 Å². The Morgan fingerprint density at radius 1 is 1.28 bits per heavy atom. The van der Waals surface area contributed by atoms with Crippen LogP contribution in [0.1, 0.15) is 45.7 Å². The molecule has 1 saturated heterocycles. The maximum atomic E-state index is 12.8. The molecule has 8 nitrogen and oxygen atoms in total. The van der Waals surface area contributed by atoms with Gasteiger partial charge in [0.2, 0.25) is 0 Å². The normalized spacial score (nSPS) is 16.7.